The highest BCUT2D eigenvalue weighted by molar-refractivity contribution is 7.98. The number of nitrogens with one attached hydrogen (secondary N) is 8. The number of nitrogens with zero attached hydrogens (tertiary/aromatic N) is 3. The summed E-state index contributed by atoms with van der Waals surface area (Å²) in [4.78, 5) is 185. The molecule has 0 aliphatic carbocycles. The highest BCUT2D eigenvalue weighted by Gasteiger charge is 2.42. The topological polar surface area (TPSA) is 519 Å². The maximum absolute atomic E-state index is 14.7. The van der Waals surface area contributed by atoms with Crippen LogP contribution in [0.15, 0.2) is 65.7 Å². The Morgan fingerprint density at radius 3 is 1.51 bits per heavy atom. The van der Waals surface area contributed by atoms with E-state index in [4.69, 9.17) is 40.1 Å². The molecule has 2 heterocycles. The fourth-order valence-corrected chi connectivity index (χ4v) is 11.5. The molecule has 22 N–H and O–H groups in total. The van der Waals surface area contributed by atoms with Crippen molar-refractivity contribution < 1.29 is 62.3 Å². The molecule has 2 aromatic rings. The number of hydrogen-bond acceptors (Lipinski definition) is 17. The van der Waals surface area contributed by atoms with Crippen molar-refractivity contribution in [1.82, 2.24) is 52.3 Å². The van der Waals surface area contributed by atoms with E-state index in [2.05, 4.69) is 47.5 Å². The minimum absolute atomic E-state index is 0.0736. The third kappa shape index (κ3) is 27.5. The second-order valence-electron chi connectivity index (χ2n) is 24.1. The van der Waals surface area contributed by atoms with Crippen LogP contribution in [0.25, 0.3) is 0 Å². The number of thioether (sulfide) groups is 1. The van der Waals surface area contributed by atoms with Crippen molar-refractivity contribution in [3.63, 3.8) is 0 Å². The number of amides is 13. The predicted octanol–water partition coefficient (Wildman–Crippen LogP) is -3.71. The lowest BCUT2D eigenvalue weighted by Gasteiger charge is -2.32. The van der Waals surface area contributed by atoms with Crippen LogP contribution >= 0.6 is 11.8 Å². The summed E-state index contributed by atoms with van der Waals surface area (Å²) in [5.74, 6) is -9.80. The van der Waals surface area contributed by atoms with Gasteiger partial charge in [0, 0.05) is 45.3 Å². The second-order valence-corrected chi connectivity index (χ2v) is 25.1. The largest absolute Gasteiger partial charge is 0.370 e. The van der Waals surface area contributed by atoms with E-state index in [0.29, 0.717) is 55.4 Å². The average Bonchev–Trinajstić information content (AvgIpc) is 1.74. The highest BCUT2D eigenvalue weighted by Crippen LogP contribution is 2.24. The molecule has 0 saturated carbocycles. The number of aliphatic imine (C=N–C) groups is 1. The molecule has 524 valence electrons. The van der Waals surface area contributed by atoms with Crippen molar-refractivity contribution >= 4 is 94.5 Å². The number of carbonyl (C=O) groups is 13. The Morgan fingerprint density at radius 2 is 1.01 bits per heavy atom. The summed E-state index contributed by atoms with van der Waals surface area (Å²) < 4.78 is 0. The van der Waals surface area contributed by atoms with Crippen molar-refractivity contribution in [1.29, 1.82) is 0 Å². The number of primary amides is 3. The molecule has 4 rings (SSSR count). The van der Waals surface area contributed by atoms with Crippen molar-refractivity contribution in [2.45, 2.75) is 183 Å². The molecule has 2 fully saturated rings. The Hall–Kier alpha value is -8.91. The van der Waals surface area contributed by atoms with Gasteiger partial charge in [0.15, 0.2) is 5.96 Å². The number of benzene rings is 2. The van der Waals surface area contributed by atoms with E-state index < -0.39 is 169 Å². The zero-order valence-corrected chi connectivity index (χ0v) is 55.3. The molecule has 2 aromatic carbocycles. The molecule has 0 unspecified atom stereocenters. The van der Waals surface area contributed by atoms with Crippen molar-refractivity contribution in [2.24, 2.45) is 51.0 Å². The van der Waals surface area contributed by atoms with Gasteiger partial charge in [-0.2, -0.15) is 11.8 Å². The minimum atomic E-state index is -1.64. The fraction of sp³-hybridized carbons (Fsp3) is 0.587. The first-order valence-electron chi connectivity index (χ1n) is 32.2. The van der Waals surface area contributed by atoms with Crippen LogP contribution in [-0.2, 0) is 75.2 Å². The van der Waals surface area contributed by atoms with E-state index in [0.717, 1.165) is 0 Å². The maximum Gasteiger partial charge on any atom is 0.245 e. The monoisotopic (exact) mass is 1350 g/mol. The van der Waals surface area contributed by atoms with E-state index in [-0.39, 0.29) is 83.0 Å². The summed E-state index contributed by atoms with van der Waals surface area (Å²) in [6, 6.07) is 4.51. The molecule has 0 spiro atoms. The van der Waals surface area contributed by atoms with Crippen LogP contribution in [0.5, 0.6) is 0 Å². The van der Waals surface area contributed by atoms with Gasteiger partial charge in [-0.15, -0.1) is 0 Å². The van der Waals surface area contributed by atoms with E-state index in [1.165, 1.54) is 21.6 Å². The summed E-state index contributed by atoms with van der Waals surface area (Å²) in [5.41, 5.74) is 40.6. The van der Waals surface area contributed by atoms with E-state index in [9.17, 15) is 62.3 Å². The normalized spacial score (nSPS) is 16.8. The Kier molecular flexibility index (Phi) is 33.9. The van der Waals surface area contributed by atoms with Gasteiger partial charge >= 0.3 is 0 Å². The van der Waals surface area contributed by atoms with Crippen molar-refractivity contribution in [3.8, 4) is 0 Å². The summed E-state index contributed by atoms with van der Waals surface area (Å²) in [7, 11) is 0. The van der Waals surface area contributed by atoms with Crippen LogP contribution in [-0.4, -0.2) is 198 Å². The molecule has 0 radical (unpaired) electrons. The van der Waals surface area contributed by atoms with Crippen LogP contribution in [0.3, 0.4) is 0 Å². The molecule has 0 bridgehead atoms. The lowest BCUT2D eigenvalue weighted by Crippen LogP contribution is -2.60. The van der Waals surface area contributed by atoms with Gasteiger partial charge in [0.25, 0.3) is 0 Å². The molecule has 2 aliphatic heterocycles. The van der Waals surface area contributed by atoms with Gasteiger partial charge in [0.2, 0.25) is 76.8 Å². The van der Waals surface area contributed by atoms with Crippen LogP contribution in [0.4, 0.5) is 0 Å². The van der Waals surface area contributed by atoms with Crippen LogP contribution in [0, 0.1) is 5.92 Å². The summed E-state index contributed by atoms with van der Waals surface area (Å²) in [6.45, 7) is 3.86. The lowest BCUT2D eigenvalue weighted by molar-refractivity contribution is -0.144. The quantitative estimate of drug-likeness (QED) is 0.0173. The first-order chi connectivity index (χ1) is 45.2. The molecule has 31 nitrogen and oxygen atoms in total. The smallest absolute Gasteiger partial charge is 0.245 e. The fourth-order valence-electron chi connectivity index (χ4n) is 11.0. The molecule has 2 saturated heterocycles. The molecule has 95 heavy (non-hydrogen) atoms. The van der Waals surface area contributed by atoms with Gasteiger partial charge in [-0.05, 0) is 119 Å². The van der Waals surface area contributed by atoms with E-state index in [1.54, 1.807) is 60.7 Å². The van der Waals surface area contributed by atoms with Crippen LogP contribution in [0.2, 0.25) is 0 Å². The van der Waals surface area contributed by atoms with Gasteiger partial charge < -0.3 is 92.5 Å². The van der Waals surface area contributed by atoms with Gasteiger partial charge in [0.05, 0.1) is 12.6 Å². The Labute approximate surface area is 558 Å². The van der Waals surface area contributed by atoms with Crippen molar-refractivity contribution in [3.05, 3.63) is 71.8 Å². The molecule has 13 amide bonds. The molecule has 0 aromatic heterocycles. The second kappa shape index (κ2) is 41.0. The number of likely N-dealkylation sites (tertiary alicyclic amines) is 2. The molecule has 32 heteroatoms. The van der Waals surface area contributed by atoms with Crippen LogP contribution < -0.4 is 82.7 Å². The summed E-state index contributed by atoms with van der Waals surface area (Å²) >= 11 is 1.45. The predicted molar refractivity (Wildman–Crippen MR) is 356 cm³/mol. The number of unbranched alkanes of at least 4 members (excludes halogenated alkanes) is 1. The van der Waals surface area contributed by atoms with E-state index >= 15 is 0 Å². The first kappa shape index (κ1) is 78.5. The zero-order valence-electron chi connectivity index (χ0n) is 54.5. The van der Waals surface area contributed by atoms with Gasteiger partial charge in [-0.25, -0.2) is 0 Å². The van der Waals surface area contributed by atoms with Gasteiger partial charge in [-0.1, -0.05) is 74.5 Å². The van der Waals surface area contributed by atoms with Crippen molar-refractivity contribution in [2.75, 3.05) is 44.7 Å². The number of carbonyl (C=O) groups excluding carboxylic acids is 13. The lowest BCUT2D eigenvalue weighted by atomic mass is 10.0. The Bertz CT molecular complexity index is 2960. The average molecular weight is 1350 g/mol. The number of guanidine groups is 1. The Balaban J connectivity index is 1.56. The Morgan fingerprint density at radius 1 is 0.537 bits per heavy atom. The third-order valence-corrected chi connectivity index (χ3v) is 16.7. The van der Waals surface area contributed by atoms with E-state index in [1.807, 2.05) is 20.1 Å². The third-order valence-electron chi connectivity index (χ3n) is 16.0. The molecule has 10 atom stereocenters. The molecule has 2 aliphatic rings. The number of nitrogens with two attached hydrogens (primary N) is 7. The van der Waals surface area contributed by atoms with Crippen LogP contribution in [0.1, 0.15) is 121 Å². The summed E-state index contributed by atoms with van der Waals surface area (Å²) in [5, 5.41) is 21.1. The summed E-state index contributed by atoms with van der Waals surface area (Å²) in [6.07, 6.45) is 3.12. The van der Waals surface area contributed by atoms with Gasteiger partial charge in [-0.3, -0.25) is 67.3 Å². The zero-order chi connectivity index (χ0) is 70.1. The first-order valence-corrected chi connectivity index (χ1v) is 33.6. The maximum atomic E-state index is 14.7. The number of rotatable bonds is 42. The van der Waals surface area contributed by atoms with Gasteiger partial charge in [0.1, 0.15) is 54.4 Å². The minimum Gasteiger partial charge on any atom is -0.370 e. The highest BCUT2D eigenvalue weighted by atomic mass is 32.2. The number of hydrogen-bond donors (Lipinski definition) is 15. The SMILES string of the molecule is CSCC[C@H](NC(=O)[C@@H](CC(C)C)NC(=O)CNC(=O)[C@@H](Cc1ccccc1)NC(=O)[C@H](Cc1ccccc1)NC(=O)[C@H](CCC(N)=O)NC(=O)[C@H](CCC(N)=O)NC(=O)[C@H]1CCCN1C(=O)[C@H](CCCCN)NC(=O)[C@H]1CCCN1C(=O)[C@@H](N)CCCN=C(N)N)C(N)=O. The molecular weight excluding hydrogens is 1250 g/mol. The standard InChI is InChI=1S/C63H98N18O13S/c1-37(2)33-45(57(89)74-41(53(68)85)27-32-95-3)73-52(84)36-72-54(86)46(34-38-15-6-4-7-16-38)78-58(90)47(35-39-17-8-5-9-18-39)79-56(88)42(23-25-50(66)82)75-55(87)43(24-26-51(67)83)76-59(91)49-22-14-31-81(49)62(94)44(20-10-11-28-64)77-60(92)48-21-13-30-80(48)61(93)40(65)19-12-29-71-63(69)70/h4-9,15-18,37,40-49H,10-14,19-36,64-65H2,1-3H3,(H2,66,82)(H2,67,83)(H2,68,85)(H,72,86)(H,73,84)(H,74,89)(H,75,87)(H,76,91)(H,77,92)(H,78,90)(H,79,88)(H4,69,70,71)/t40-,41-,42-,43-,44-,45+,46+,47-,48+,49+/m0/s1. The molecular formula is C63H98N18O13S.